The van der Waals surface area contributed by atoms with E-state index in [0.29, 0.717) is 0 Å². The quantitative estimate of drug-likeness (QED) is 0.626. The molecule has 0 saturated heterocycles. The number of rotatable bonds is 4. The number of nitrogens with zero attached hydrogens (tertiary/aromatic N) is 3. The van der Waals surface area contributed by atoms with Gasteiger partial charge in [0, 0.05) is 17.1 Å². The molecule has 0 aliphatic carbocycles. The molecule has 110 valence electrons. The second-order valence-electron chi connectivity index (χ2n) is 4.99. The summed E-state index contributed by atoms with van der Waals surface area (Å²) in [5.74, 6) is 0.868. The van der Waals surface area contributed by atoms with Crippen molar-refractivity contribution in [2.45, 2.75) is 32.2 Å². The molecule has 3 nitrogen and oxygen atoms in total. The van der Waals surface area contributed by atoms with Crippen LogP contribution in [0, 0.1) is 6.92 Å². The molecular formula is C15H15Cl2N3S. The van der Waals surface area contributed by atoms with Crippen LogP contribution in [0.5, 0.6) is 0 Å². The minimum absolute atomic E-state index is 0.147. The maximum Gasteiger partial charge on any atom is 0.160 e. The summed E-state index contributed by atoms with van der Waals surface area (Å²) in [6.07, 6.45) is 0.898. The average molecular weight is 340 g/mol. The standard InChI is InChI=1S/C15H15Cl2N3S/c1-9-3-5-12-15(18-9)20(14(19-12)10(2)16)8-7-11-4-6-13(17)21-11/h3-6,10H,7-8H2,1-2H3. The third-order valence-corrected chi connectivity index (χ3v) is 4.81. The molecule has 3 aromatic rings. The Morgan fingerprint density at radius 3 is 2.71 bits per heavy atom. The number of pyridine rings is 1. The Bertz CT molecular complexity index is 776. The number of aromatic nitrogens is 3. The van der Waals surface area contributed by atoms with Crippen LogP contribution in [0.2, 0.25) is 4.34 Å². The van der Waals surface area contributed by atoms with Gasteiger partial charge in [0.05, 0.1) is 9.71 Å². The summed E-state index contributed by atoms with van der Waals surface area (Å²) in [6, 6.07) is 7.97. The SMILES string of the molecule is Cc1ccc2nc(C(C)Cl)n(CCc3ccc(Cl)s3)c2n1. The van der Waals surface area contributed by atoms with E-state index in [1.165, 1.54) is 4.88 Å². The highest BCUT2D eigenvalue weighted by atomic mass is 35.5. The molecule has 0 amide bonds. The summed E-state index contributed by atoms with van der Waals surface area (Å²) in [5.41, 5.74) is 2.78. The highest BCUT2D eigenvalue weighted by Crippen LogP contribution is 2.26. The zero-order valence-electron chi connectivity index (χ0n) is 11.8. The Morgan fingerprint density at radius 1 is 1.24 bits per heavy atom. The summed E-state index contributed by atoms with van der Waals surface area (Å²) in [5, 5.41) is -0.147. The summed E-state index contributed by atoms with van der Waals surface area (Å²) in [6.45, 7) is 4.73. The van der Waals surface area contributed by atoms with Gasteiger partial charge in [0.2, 0.25) is 0 Å². The lowest BCUT2D eigenvalue weighted by atomic mass is 10.3. The van der Waals surface area contributed by atoms with Crippen LogP contribution in [0.15, 0.2) is 24.3 Å². The van der Waals surface area contributed by atoms with Gasteiger partial charge >= 0.3 is 0 Å². The number of hydrogen-bond donors (Lipinski definition) is 0. The van der Waals surface area contributed by atoms with Crippen molar-refractivity contribution in [2.75, 3.05) is 0 Å². The largest absolute Gasteiger partial charge is 0.311 e. The van der Waals surface area contributed by atoms with Crippen LogP contribution in [-0.2, 0) is 13.0 Å². The molecule has 0 spiro atoms. The molecule has 3 aromatic heterocycles. The number of fused-ring (bicyclic) bond motifs is 1. The van der Waals surface area contributed by atoms with E-state index < -0.39 is 0 Å². The van der Waals surface area contributed by atoms with Crippen molar-refractivity contribution in [3.63, 3.8) is 0 Å². The topological polar surface area (TPSA) is 30.7 Å². The molecule has 21 heavy (non-hydrogen) atoms. The highest BCUT2D eigenvalue weighted by Gasteiger charge is 2.16. The molecule has 0 N–H and O–H groups in total. The van der Waals surface area contributed by atoms with E-state index >= 15 is 0 Å². The highest BCUT2D eigenvalue weighted by molar-refractivity contribution is 7.16. The predicted octanol–water partition coefficient (Wildman–Crippen LogP) is 5.00. The van der Waals surface area contributed by atoms with E-state index in [1.54, 1.807) is 11.3 Å². The van der Waals surface area contributed by atoms with Crippen LogP contribution in [0.25, 0.3) is 11.2 Å². The van der Waals surface area contributed by atoms with Crippen molar-refractivity contribution in [2.24, 2.45) is 0 Å². The maximum atomic E-state index is 6.28. The van der Waals surface area contributed by atoms with Crippen LogP contribution in [0.3, 0.4) is 0 Å². The van der Waals surface area contributed by atoms with Crippen molar-refractivity contribution in [1.29, 1.82) is 0 Å². The van der Waals surface area contributed by atoms with Gasteiger partial charge in [0.15, 0.2) is 5.65 Å². The van der Waals surface area contributed by atoms with Gasteiger partial charge in [-0.3, -0.25) is 0 Å². The normalized spacial score (nSPS) is 13.0. The Kier molecular flexibility index (Phi) is 4.20. The molecule has 0 aromatic carbocycles. The molecule has 0 radical (unpaired) electrons. The van der Waals surface area contributed by atoms with Crippen molar-refractivity contribution >= 4 is 45.7 Å². The van der Waals surface area contributed by atoms with Crippen LogP contribution in [0.4, 0.5) is 0 Å². The summed E-state index contributed by atoms with van der Waals surface area (Å²) in [4.78, 5) is 10.5. The molecule has 1 atom stereocenters. The van der Waals surface area contributed by atoms with E-state index in [0.717, 1.165) is 40.0 Å². The van der Waals surface area contributed by atoms with Crippen molar-refractivity contribution in [1.82, 2.24) is 14.5 Å². The van der Waals surface area contributed by atoms with Crippen molar-refractivity contribution in [3.8, 4) is 0 Å². The molecule has 3 heterocycles. The van der Waals surface area contributed by atoms with Crippen molar-refractivity contribution in [3.05, 3.63) is 45.0 Å². The van der Waals surface area contributed by atoms with Crippen LogP contribution in [-0.4, -0.2) is 14.5 Å². The van der Waals surface area contributed by atoms with Gasteiger partial charge < -0.3 is 4.57 Å². The van der Waals surface area contributed by atoms with Crippen LogP contribution < -0.4 is 0 Å². The lowest BCUT2D eigenvalue weighted by Crippen LogP contribution is -2.07. The first-order chi connectivity index (χ1) is 10.0. The second-order valence-corrected chi connectivity index (χ2v) is 7.44. The Morgan fingerprint density at radius 2 is 2.05 bits per heavy atom. The van der Waals surface area contributed by atoms with E-state index in [-0.39, 0.29) is 5.38 Å². The molecule has 0 saturated carbocycles. The number of imidazole rings is 1. The number of thiophene rings is 1. The molecule has 6 heteroatoms. The van der Waals surface area contributed by atoms with Gasteiger partial charge in [-0.05, 0) is 44.5 Å². The molecule has 0 fully saturated rings. The number of aryl methyl sites for hydroxylation is 3. The van der Waals surface area contributed by atoms with Crippen LogP contribution >= 0.6 is 34.5 Å². The summed E-state index contributed by atoms with van der Waals surface area (Å²) >= 11 is 13.9. The van der Waals surface area contributed by atoms with Gasteiger partial charge in [0.25, 0.3) is 0 Å². The fourth-order valence-corrected chi connectivity index (χ4v) is 3.59. The predicted molar refractivity (Wildman–Crippen MR) is 89.6 cm³/mol. The monoisotopic (exact) mass is 339 g/mol. The summed E-state index contributed by atoms with van der Waals surface area (Å²) in [7, 11) is 0. The lowest BCUT2D eigenvalue weighted by Gasteiger charge is -2.09. The molecule has 3 rings (SSSR count). The van der Waals surface area contributed by atoms with Gasteiger partial charge in [-0.2, -0.15) is 0 Å². The van der Waals surface area contributed by atoms with E-state index in [1.807, 2.05) is 32.0 Å². The molecule has 0 aliphatic rings. The number of alkyl halides is 1. The fraction of sp³-hybridized carbons (Fsp3) is 0.333. The first-order valence-corrected chi connectivity index (χ1v) is 8.40. The molecular weight excluding hydrogens is 325 g/mol. The molecule has 0 aliphatic heterocycles. The smallest absolute Gasteiger partial charge is 0.160 e. The molecule has 1 unspecified atom stereocenters. The van der Waals surface area contributed by atoms with Crippen LogP contribution in [0.1, 0.15) is 28.7 Å². The minimum atomic E-state index is -0.147. The van der Waals surface area contributed by atoms with Gasteiger partial charge in [-0.1, -0.05) is 11.6 Å². The maximum absolute atomic E-state index is 6.28. The zero-order chi connectivity index (χ0) is 15.0. The average Bonchev–Trinajstić information content (AvgIpc) is 3.00. The third-order valence-electron chi connectivity index (χ3n) is 3.33. The van der Waals surface area contributed by atoms with Gasteiger partial charge in [0.1, 0.15) is 11.3 Å². The Balaban J connectivity index is 1.98. The fourth-order valence-electron chi connectivity index (χ4n) is 2.35. The van der Waals surface area contributed by atoms with Crippen molar-refractivity contribution < 1.29 is 0 Å². The summed E-state index contributed by atoms with van der Waals surface area (Å²) < 4.78 is 2.94. The lowest BCUT2D eigenvalue weighted by molar-refractivity contribution is 0.667. The molecule has 0 bridgehead atoms. The second kappa shape index (κ2) is 5.95. The van der Waals surface area contributed by atoms with Gasteiger partial charge in [-0.25, -0.2) is 9.97 Å². The van der Waals surface area contributed by atoms with E-state index in [9.17, 15) is 0 Å². The minimum Gasteiger partial charge on any atom is -0.311 e. The first kappa shape index (κ1) is 14.8. The van der Waals surface area contributed by atoms with E-state index in [2.05, 4.69) is 20.6 Å². The number of hydrogen-bond acceptors (Lipinski definition) is 3. The Labute approximate surface area is 137 Å². The number of halogens is 2. The van der Waals surface area contributed by atoms with E-state index in [4.69, 9.17) is 23.2 Å². The Hall–Kier alpha value is -1.10. The first-order valence-electron chi connectivity index (χ1n) is 6.76. The third kappa shape index (κ3) is 3.07. The zero-order valence-corrected chi connectivity index (χ0v) is 14.1. The van der Waals surface area contributed by atoms with Gasteiger partial charge in [-0.15, -0.1) is 22.9 Å².